The van der Waals surface area contributed by atoms with Crippen LogP contribution in [0.2, 0.25) is 0 Å². The molecule has 92 valence electrons. The van der Waals surface area contributed by atoms with Gasteiger partial charge in [0.05, 0.1) is 5.84 Å². The minimum absolute atomic E-state index is 0.353. The van der Waals surface area contributed by atoms with Crippen molar-refractivity contribution in [2.24, 2.45) is 11.7 Å². The number of amidine groups is 1. The number of nitrogens with zero attached hydrogens (tertiary/aromatic N) is 1. The molecule has 2 fully saturated rings. The summed E-state index contributed by atoms with van der Waals surface area (Å²) in [6, 6.07) is 1.32. The van der Waals surface area contributed by atoms with Crippen LogP contribution < -0.4 is 5.73 Å². The minimum Gasteiger partial charge on any atom is -0.388 e. The predicted octanol–water partition coefficient (Wildman–Crippen LogP) is 2.36. The second-order valence-electron chi connectivity index (χ2n) is 5.43. The molecule has 0 spiro atoms. The van der Waals surface area contributed by atoms with Crippen molar-refractivity contribution in [3.05, 3.63) is 0 Å². The molecule has 2 rings (SSSR count). The van der Waals surface area contributed by atoms with E-state index in [4.69, 9.17) is 11.1 Å². The van der Waals surface area contributed by atoms with Gasteiger partial charge >= 0.3 is 0 Å². The Bertz CT molecular complexity index is 252. The molecule has 3 unspecified atom stereocenters. The predicted molar refractivity (Wildman–Crippen MR) is 67.7 cm³/mol. The van der Waals surface area contributed by atoms with Crippen LogP contribution in [0.1, 0.15) is 51.9 Å². The van der Waals surface area contributed by atoms with Crippen LogP contribution in [0.25, 0.3) is 0 Å². The van der Waals surface area contributed by atoms with Gasteiger partial charge in [-0.05, 0) is 38.1 Å². The van der Waals surface area contributed by atoms with E-state index in [0.717, 1.165) is 24.8 Å². The Morgan fingerprint density at radius 2 is 2.12 bits per heavy atom. The van der Waals surface area contributed by atoms with E-state index in [1.807, 2.05) is 0 Å². The van der Waals surface area contributed by atoms with Gasteiger partial charge in [-0.1, -0.05) is 19.8 Å². The summed E-state index contributed by atoms with van der Waals surface area (Å²) in [4.78, 5) is 2.66. The van der Waals surface area contributed by atoms with Crippen molar-refractivity contribution in [1.82, 2.24) is 4.90 Å². The topological polar surface area (TPSA) is 53.1 Å². The number of hydrogen-bond donors (Lipinski definition) is 2. The van der Waals surface area contributed by atoms with E-state index in [2.05, 4.69) is 11.8 Å². The Balaban J connectivity index is 1.99. The van der Waals surface area contributed by atoms with Gasteiger partial charge in [-0.25, -0.2) is 0 Å². The summed E-state index contributed by atoms with van der Waals surface area (Å²) in [6.07, 6.45) is 8.89. The van der Waals surface area contributed by atoms with Crippen molar-refractivity contribution in [3.8, 4) is 0 Å². The highest BCUT2D eigenvalue weighted by atomic mass is 15.2. The lowest BCUT2D eigenvalue weighted by Crippen LogP contribution is -2.43. The molecule has 0 radical (unpaired) electrons. The molecule has 0 aromatic heterocycles. The summed E-state index contributed by atoms with van der Waals surface area (Å²) in [5, 5.41) is 7.48. The average Bonchev–Trinajstić information content (AvgIpc) is 2.69. The molecule has 16 heavy (non-hydrogen) atoms. The fourth-order valence-electron chi connectivity index (χ4n) is 3.65. The van der Waals surface area contributed by atoms with Crippen molar-refractivity contribution in [2.75, 3.05) is 6.54 Å². The molecule has 3 atom stereocenters. The van der Waals surface area contributed by atoms with Gasteiger partial charge in [-0.2, -0.15) is 0 Å². The van der Waals surface area contributed by atoms with Crippen LogP contribution in [0.5, 0.6) is 0 Å². The van der Waals surface area contributed by atoms with Crippen molar-refractivity contribution in [2.45, 2.75) is 64.0 Å². The zero-order valence-electron chi connectivity index (χ0n) is 10.4. The van der Waals surface area contributed by atoms with E-state index in [-0.39, 0.29) is 0 Å². The lowest BCUT2D eigenvalue weighted by atomic mass is 9.85. The zero-order valence-corrected chi connectivity index (χ0v) is 10.4. The smallest absolute Gasteiger partial charge is 0.0921 e. The van der Waals surface area contributed by atoms with Crippen molar-refractivity contribution in [1.29, 1.82) is 5.41 Å². The molecule has 0 amide bonds. The van der Waals surface area contributed by atoms with E-state index in [0.29, 0.717) is 11.9 Å². The first kappa shape index (κ1) is 11.9. The van der Waals surface area contributed by atoms with Gasteiger partial charge in [0.15, 0.2) is 0 Å². The molecule has 0 aromatic carbocycles. The highest BCUT2D eigenvalue weighted by molar-refractivity contribution is 5.77. The molecule has 1 aliphatic carbocycles. The van der Waals surface area contributed by atoms with E-state index in [9.17, 15) is 0 Å². The Morgan fingerprint density at radius 1 is 1.38 bits per heavy atom. The van der Waals surface area contributed by atoms with E-state index >= 15 is 0 Å². The van der Waals surface area contributed by atoms with Crippen LogP contribution in [0, 0.1) is 11.3 Å². The number of nitrogens with two attached hydrogens (primary N) is 1. The first-order valence-corrected chi connectivity index (χ1v) is 6.81. The molecule has 1 saturated carbocycles. The Morgan fingerprint density at radius 3 is 2.81 bits per heavy atom. The van der Waals surface area contributed by atoms with Gasteiger partial charge in [-0.15, -0.1) is 0 Å². The minimum atomic E-state index is 0.353. The maximum absolute atomic E-state index is 7.48. The maximum atomic E-state index is 7.48. The van der Waals surface area contributed by atoms with Gasteiger partial charge in [0.2, 0.25) is 0 Å². The van der Waals surface area contributed by atoms with Crippen LogP contribution >= 0.6 is 0 Å². The number of fused-ring (bicyclic) bond motifs is 1. The largest absolute Gasteiger partial charge is 0.388 e. The molecule has 0 bridgehead atoms. The Labute approximate surface area is 98.9 Å². The summed E-state index contributed by atoms with van der Waals surface area (Å²) >= 11 is 0. The molecule has 0 aromatic rings. The fraction of sp³-hybridized carbons (Fsp3) is 0.923. The molecular weight excluding hydrogens is 198 g/mol. The number of rotatable bonds is 4. The third-order valence-corrected chi connectivity index (χ3v) is 4.45. The van der Waals surface area contributed by atoms with Crippen LogP contribution in [0.3, 0.4) is 0 Å². The number of nitrogens with one attached hydrogen (secondary N) is 1. The first-order chi connectivity index (χ1) is 7.72. The molecule has 2 aliphatic rings. The molecule has 3 N–H and O–H groups in total. The lowest BCUT2D eigenvalue weighted by molar-refractivity contribution is 0.131. The first-order valence-electron chi connectivity index (χ1n) is 6.81. The summed E-state index contributed by atoms with van der Waals surface area (Å²) in [5.74, 6) is 1.29. The Kier molecular flexibility index (Phi) is 3.85. The van der Waals surface area contributed by atoms with Crippen molar-refractivity contribution >= 4 is 5.84 Å². The van der Waals surface area contributed by atoms with Crippen molar-refractivity contribution < 1.29 is 0 Å². The van der Waals surface area contributed by atoms with Gasteiger partial charge in [0, 0.05) is 18.5 Å². The SMILES string of the molecule is CCC(CC(=N)N)N1CCC2CCCCC21. The molecular formula is C13H25N3. The molecule has 1 saturated heterocycles. The summed E-state index contributed by atoms with van der Waals surface area (Å²) in [7, 11) is 0. The molecule has 3 heteroatoms. The standard InChI is InChI=1S/C13H25N3/c1-2-11(9-13(14)15)16-8-7-10-5-3-4-6-12(10)16/h10-12H,2-9H2,1H3,(H3,14,15). The second-order valence-corrected chi connectivity index (χ2v) is 5.43. The summed E-state index contributed by atoms with van der Waals surface area (Å²) in [6.45, 7) is 3.46. The van der Waals surface area contributed by atoms with Crippen LogP contribution in [0.4, 0.5) is 0 Å². The third-order valence-electron chi connectivity index (χ3n) is 4.45. The summed E-state index contributed by atoms with van der Waals surface area (Å²) < 4.78 is 0. The molecule has 1 heterocycles. The maximum Gasteiger partial charge on any atom is 0.0921 e. The second kappa shape index (κ2) is 5.17. The average molecular weight is 223 g/mol. The van der Waals surface area contributed by atoms with Gasteiger partial charge in [-0.3, -0.25) is 10.3 Å². The third kappa shape index (κ3) is 2.40. The van der Waals surface area contributed by atoms with Gasteiger partial charge in [0.1, 0.15) is 0 Å². The fourth-order valence-corrected chi connectivity index (χ4v) is 3.65. The highest BCUT2D eigenvalue weighted by Crippen LogP contribution is 2.38. The van der Waals surface area contributed by atoms with Gasteiger partial charge < -0.3 is 5.73 Å². The quantitative estimate of drug-likeness (QED) is 0.568. The molecule has 1 aliphatic heterocycles. The molecule has 3 nitrogen and oxygen atoms in total. The lowest BCUT2D eigenvalue weighted by Gasteiger charge is -2.36. The van der Waals surface area contributed by atoms with E-state index in [1.165, 1.54) is 38.6 Å². The van der Waals surface area contributed by atoms with E-state index < -0.39 is 0 Å². The van der Waals surface area contributed by atoms with Crippen molar-refractivity contribution in [3.63, 3.8) is 0 Å². The van der Waals surface area contributed by atoms with E-state index in [1.54, 1.807) is 0 Å². The number of likely N-dealkylation sites (tertiary alicyclic amines) is 1. The monoisotopic (exact) mass is 223 g/mol. The summed E-state index contributed by atoms with van der Waals surface area (Å²) in [5.41, 5.74) is 5.56. The zero-order chi connectivity index (χ0) is 11.5. The normalized spacial score (nSPS) is 32.3. The Hall–Kier alpha value is -0.570. The number of hydrogen-bond acceptors (Lipinski definition) is 2. The van der Waals surface area contributed by atoms with Gasteiger partial charge in [0.25, 0.3) is 0 Å². The van der Waals surface area contributed by atoms with Crippen LogP contribution in [0.15, 0.2) is 0 Å². The van der Waals surface area contributed by atoms with Crippen LogP contribution in [-0.2, 0) is 0 Å². The van der Waals surface area contributed by atoms with Crippen LogP contribution in [-0.4, -0.2) is 29.4 Å². The highest BCUT2D eigenvalue weighted by Gasteiger charge is 2.38.